The van der Waals surface area contributed by atoms with Crippen molar-refractivity contribution in [3.05, 3.63) is 47.0 Å². The van der Waals surface area contributed by atoms with Crippen LogP contribution in [0.4, 0.5) is 0 Å². The van der Waals surface area contributed by atoms with Crippen LogP contribution in [-0.2, 0) is 11.2 Å². The normalized spacial score (nSPS) is 20.1. The van der Waals surface area contributed by atoms with Crippen LogP contribution in [0.5, 0.6) is 0 Å². The minimum Gasteiger partial charge on any atom is -0.478 e. The van der Waals surface area contributed by atoms with E-state index in [4.69, 9.17) is 5.11 Å². The van der Waals surface area contributed by atoms with E-state index < -0.39 is 12.1 Å². The first-order valence-electron chi connectivity index (χ1n) is 5.38. The number of carboxylic acid groups (broad SMARTS) is 1. The largest absolute Gasteiger partial charge is 1.00 e. The average molecular weight is 259 g/mol. The Labute approximate surface area is 128 Å². The molecule has 0 radical (unpaired) electrons. The number of carbonyl (C=O) groups is 1. The molecule has 2 rings (SSSR count). The molecule has 0 saturated carbocycles. The van der Waals surface area contributed by atoms with Crippen molar-refractivity contribution in [3.8, 4) is 0 Å². The van der Waals surface area contributed by atoms with Gasteiger partial charge in [0.2, 0.25) is 0 Å². The Hall–Kier alpha value is -0.650. The van der Waals surface area contributed by atoms with Crippen LogP contribution in [0, 0.1) is 0 Å². The van der Waals surface area contributed by atoms with Gasteiger partial charge in [-0.3, -0.25) is 0 Å². The van der Waals surface area contributed by atoms with Gasteiger partial charge in [-0.25, -0.2) is 4.79 Å². The van der Waals surface area contributed by atoms with E-state index in [-0.39, 0.29) is 35.0 Å². The molecule has 0 aliphatic heterocycles. The number of hydrogen-bond acceptors (Lipinski definition) is 2. The van der Waals surface area contributed by atoms with E-state index in [1.54, 1.807) is 0 Å². The van der Waals surface area contributed by atoms with Crippen LogP contribution in [0.3, 0.4) is 0 Å². The average Bonchev–Trinajstić information content (AvgIpc) is 2.40. The van der Waals surface area contributed by atoms with Gasteiger partial charge in [-0.1, -0.05) is 24.3 Å². The smallest absolute Gasteiger partial charge is 0.478 e. The van der Waals surface area contributed by atoms with Crippen LogP contribution in [0.15, 0.2) is 35.9 Å². The topological polar surface area (TPSA) is 89.0 Å². The number of carboxylic acids is 1. The number of benzene rings is 1. The molecule has 1 atom stereocenters. The van der Waals surface area contributed by atoms with Gasteiger partial charge in [-0.05, 0) is 36.0 Å². The van der Waals surface area contributed by atoms with Crippen molar-refractivity contribution >= 4 is 5.97 Å². The molecule has 0 aromatic heterocycles. The van der Waals surface area contributed by atoms with Gasteiger partial charge in [0, 0.05) is 6.08 Å². The first-order valence-corrected chi connectivity index (χ1v) is 5.38. The number of hydrogen-bond donors (Lipinski definition) is 2. The van der Waals surface area contributed by atoms with Crippen molar-refractivity contribution < 1.29 is 50.0 Å². The van der Waals surface area contributed by atoms with Gasteiger partial charge in [0.15, 0.2) is 0 Å². The van der Waals surface area contributed by atoms with Crippen molar-refractivity contribution in [1.82, 2.24) is 0 Å². The summed E-state index contributed by atoms with van der Waals surface area (Å²) < 4.78 is 0. The van der Waals surface area contributed by atoms with Crippen molar-refractivity contribution in [2.45, 2.75) is 25.4 Å². The Bertz CT molecular complexity index is 442. The standard InChI is InChI=1S/C13H14O3.Na.H2O/c14-12(15)8-10-6-3-5-9-4-1-2-7-11(9)13(10)16;;/h1-2,4,7-8,13,16H,3,5-6H2,(H,14,15);;1H2/q;+1;/b10-8+;;. The molecule has 0 amide bonds. The summed E-state index contributed by atoms with van der Waals surface area (Å²) in [7, 11) is 0. The van der Waals surface area contributed by atoms with Crippen molar-refractivity contribution in [1.29, 1.82) is 0 Å². The summed E-state index contributed by atoms with van der Waals surface area (Å²) in [6.07, 6.45) is 2.78. The minimum atomic E-state index is -0.992. The van der Waals surface area contributed by atoms with Crippen molar-refractivity contribution in [2.75, 3.05) is 0 Å². The fourth-order valence-electron chi connectivity index (χ4n) is 2.16. The van der Waals surface area contributed by atoms with E-state index in [0.717, 1.165) is 30.0 Å². The van der Waals surface area contributed by atoms with Gasteiger partial charge < -0.3 is 15.7 Å². The molecule has 0 saturated heterocycles. The molecule has 18 heavy (non-hydrogen) atoms. The third kappa shape index (κ3) is 3.93. The maximum Gasteiger partial charge on any atom is 1.00 e. The fourth-order valence-corrected chi connectivity index (χ4v) is 2.16. The van der Waals surface area contributed by atoms with Gasteiger partial charge in [-0.15, -0.1) is 0 Å². The zero-order valence-corrected chi connectivity index (χ0v) is 12.4. The second-order valence-corrected chi connectivity index (χ2v) is 4.01. The molecule has 1 aliphatic carbocycles. The Balaban J connectivity index is 0.00000144. The summed E-state index contributed by atoms with van der Waals surface area (Å²) in [5.74, 6) is -0.992. The summed E-state index contributed by atoms with van der Waals surface area (Å²) >= 11 is 0. The molecule has 0 bridgehead atoms. The molecule has 0 heterocycles. The first-order chi connectivity index (χ1) is 7.68. The van der Waals surface area contributed by atoms with Crippen LogP contribution in [0.1, 0.15) is 30.1 Å². The number of aliphatic carboxylic acids is 1. The molecular formula is C13H16NaO4+. The van der Waals surface area contributed by atoms with E-state index in [1.807, 2.05) is 24.3 Å². The van der Waals surface area contributed by atoms with E-state index >= 15 is 0 Å². The van der Waals surface area contributed by atoms with Crippen LogP contribution in [-0.4, -0.2) is 21.7 Å². The predicted octanol–water partition coefficient (Wildman–Crippen LogP) is -1.75. The third-order valence-corrected chi connectivity index (χ3v) is 2.92. The molecule has 0 fully saturated rings. The molecule has 1 aromatic carbocycles. The summed E-state index contributed by atoms with van der Waals surface area (Å²) in [5, 5.41) is 18.9. The van der Waals surface area contributed by atoms with Crippen LogP contribution in [0.25, 0.3) is 0 Å². The second kappa shape index (κ2) is 7.71. The number of aliphatic hydroxyl groups excluding tert-OH is 1. The van der Waals surface area contributed by atoms with Crippen molar-refractivity contribution in [3.63, 3.8) is 0 Å². The molecule has 0 spiro atoms. The Kier molecular flexibility index (Phi) is 7.43. The van der Waals surface area contributed by atoms with Gasteiger partial charge >= 0.3 is 35.5 Å². The maximum atomic E-state index is 10.6. The molecule has 4 N–H and O–H groups in total. The van der Waals surface area contributed by atoms with Gasteiger partial charge in [0.25, 0.3) is 0 Å². The summed E-state index contributed by atoms with van der Waals surface area (Å²) in [4.78, 5) is 10.6. The zero-order valence-electron chi connectivity index (χ0n) is 10.4. The Morgan fingerprint density at radius 1 is 1.28 bits per heavy atom. The van der Waals surface area contributed by atoms with Crippen LogP contribution in [0.2, 0.25) is 0 Å². The van der Waals surface area contributed by atoms with E-state index in [2.05, 4.69) is 0 Å². The van der Waals surface area contributed by atoms with Gasteiger partial charge in [-0.2, -0.15) is 0 Å². The van der Waals surface area contributed by atoms with Gasteiger partial charge in [0.1, 0.15) is 6.10 Å². The Morgan fingerprint density at radius 3 is 2.61 bits per heavy atom. The molecule has 5 heteroatoms. The van der Waals surface area contributed by atoms with E-state index in [1.165, 1.54) is 0 Å². The second-order valence-electron chi connectivity index (χ2n) is 4.01. The van der Waals surface area contributed by atoms with Crippen LogP contribution >= 0.6 is 0 Å². The SMILES string of the molecule is O.O=C(O)/C=C1\CCCc2ccccc2C1O.[Na+]. The van der Waals surface area contributed by atoms with E-state index in [0.29, 0.717) is 12.0 Å². The zero-order chi connectivity index (χ0) is 11.5. The van der Waals surface area contributed by atoms with Crippen LogP contribution < -0.4 is 29.6 Å². The maximum absolute atomic E-state index is 10.6. The summed E-state index contributed by atoms with van der Waals surface area (Å²) in [6.45, 7) is 0. The quantitative estimate of drug-likeness (QED) is 0.356. The minimum absolute atomic E-state index is 0. The molecule has 4 nitrogen and oxygen atoms in total. The number of fused-ring (bicyclic) bond motifs is 1. The number of rotatable bonds is 1. The third-order valence-electron chi connectivity index (χ3n) is 2.92. The fraction of sp³-hybridized carbons (Fsp3) is 0.308. The van der Waals surface area contributed by atoms with E-state index in [9.17, 15) is 9.90 Å². The summed E-state index contributed by atoms with van der Waals surface area (Å²) in [5.41, 5.74) is 2.55. The Morgan fingerprint density at radius 2 is 1.94 bits per heavy atom. The predicted molar refractivity (Wildman–Crippen MR) is 63.7 cm³/mol. The molecule has 1 unspecified atom stereocenters. The molecule has 92 valence electrons. The monoisotopic (exact) mass is 259 g/mol. The van der Waals surface area contributed by atoms with Crippen molar-refractivity contribution in [2.24, 2.45) is 0 Å². The molecular weight excluding hydrogens is 243 g/mol. The summed E-state index contributed by atoms with van der Waals surface area (Å²) in [6, 6.07) is 7.66. The molecule has 1 aromatic rings. The number of aryl methyl sites for hydroxylation is 1. The number of aliphatic hydroxyl groups is 1. The van der Waals surface area contributed by atoms with Gasteiger partial charge in [0.05, 0.1) is 0 Å². The first kappa shape index (κ1) is 17.4. The molecule has 1 aliphatic rings.